The molecule has 2 amide bonds. The second kappa shape index (κ2) is 7.58. The quantitative estimate of drug-likeness (QED) is 0.481. The van der Waals surface area contributed by atoms with Gasteiger partial charge in [-0.15, -0.1) is 0 Å². The second-order valence-electron chi connectivity index (χ2n) is 7.75. The van der Waals surface area contributed by atoms with E-state index in [-0.39, 0.29) is 16.3 Å². The summed E-state index contributed by atoms with van der Waals surface area (Å²) in [4.78, 5) is 28.2. The first-order chi connectivity index (χ1) is 15.8. The van der Waals surface area contributed by atoms with Crippen LogP contribution in [0.25, 0.3) is 11.0 Å². The molecule has 8 nitrogen and oxygen atoms in total. The van der Waals surface area contributed by atoms with E-state index in [0.29, 0.717) is 22.4 Å². The summed E-state index contributed by atoms with van der Waals surface area (Å²) in [7, 11) is -4.01. The number of furan rings is 1. The molecular weight excluding hydrogens is 442 g/mol. The minimum Gasteiger partial charge on any atom is -0.451 e. The lowest BCUT2D eigenvalue weighted by molar-refractivity contribution is -0.117. The maximum Gasteiger partial charge on any atom is 0.295 e. The third-order valence-electron chi connectivity index (χ3n) is 5.69. The first-order valence-corrected chi connectivity index (χ1v) is 11.6. The summed E-state index contributed by atoms with van der Waals surface area (Å²) in [5.41, 5.74) is 2.30. The summed E-state index contributed by atoms with van der Waals surface area (Å²) in [6.45, 7) is 1.78. The summed E-state index contributed by atoms with van der Waals surface area (Å²) >= 11 is 0. The van der Waals surface area contributed by atoms with Crippen LogP contribution in [-0.2, 0) is 14.8 Å². The minimum absolute atomic E-state index is 0.105. The predicted molar refractivity (Wildman–Crippen MR) is 123 cm³/mol. The number of aryl methyl sites for hydroxylation is 1. The van der Waals surface area contributed by atoms with Crippen LogP contribution in [0.4, 0.5) is 11.4 Å². The molecule has 1 aliphatic heterocycles. The number of rotatable bonds is 3. The number of para-hydroxylation sites is 1. The highest BCUT2D eigenvalue weighted by Crippen LogP contribution is 2.41. The van der Waals surface area contributed by atoms with Crippen molar-refractivity contribution < 1.29 is 22.4 Å². The van der Waals surface area contributed by atoms with Gasteiger partial charge < -0.3 is 9.73 Å². The Hall–Kier alpha value is -3.95. The molecule has 0 fully saturated rings. The Balaban J connectivity index is 1.72. The van der Waals surface area contributed by atoms with E-state index in [4.69, 9.17) is 9.56 Å². The number of primary sulfonamides is 1. The molecule has 5 rings (SSSR count). The van der Waals surface area contributed by atoms with Gasteiger partial charge in [0.2, 0.25) is 10.0 Å². The number of hydrogen-bond acceptors (Lipinski definition) is 5. The third-order valence-corrected chi connectivity index (χ3v) is 6.60. The Morgan fingerprint density at radius 3 is 2.42 bits per heavy atom. The van der Waals surface area contributed by atoms with Crippen molar-refractivity contribution in [2.45, 2.75) is 17.9 Å². The lowest BCUT2D eigenvalue weighted by atomic mass is 9.99. The second-order valence-corrected chi connectivity index (χ2v) is 9.32. The normalized spacial score (nSPS) is 15.9. The van der Waals surface area contributed by atoms with Gasteiger partial charge in [0.05, 0.1) is 16.3 Å². The lowest BCUT2D eigenvalue weighted by Gasteiger charge is -2.36. The Morgan fingerprint density at radius 2 is 1.73 bits per heavy atom. The molecule has 0 aliphatic carbocycles. The maximum atomic E-state index is 13.9. The summed E-state index contributed by atoms with van der Waals surface area (Å²) in [5.74, 6) is -0.896. The third kappa shape index (κ3) is 3.47. The first kappa shape index (κ1) is 20.9. The fourth-order valence-electron chi connectivity index (χ4n) is 4.11. The van der Waals surface area contributed by atoms with E-state index in [9.17, 15) is 18.0 Å². The van der Waals surface area contributed by atoms with Gasteiger partial charge in [0.25, 0.3) is 11.8 Å². The summed E-state index contributed by atoms with van der Waals surface area (Å²) in [5, 5.41) is 8.77. The Kier molecular flexibility index (Phi) is 4.80. The van der Waals surface area contributed by atoms with Crippen LogP contribution in [0.5, 0.6) is 0 Å². The van der Waals surface area contributed by atoms with Gasteiger partial charge in [0.15, 0.2) is 5.76 Å². The first-order valence-electron chi connectivity index (χ1n) is 10.1. The molecule has 3 N–H and O–H groups in total. The van der Waals surface area contributed by atoms with Crippen LogP contribution in [0, 0.1) is 6.92 Å². The molecule has 2 heterocycles. The molecule has 0 saturated carbocycles. The molecule has 33 heavy (non-hydrogen) atoms. The highest BCUT2D eigenvalue weighted by Gasteiger charge is 2.40. The van der Waals surface area contributed by atoms with Crippen molar-refractivity contribution in [2.75, 3.05) is 10.2 Å². The van der Waals surface area contributed by atoms with Gasteiger partial charge in [-0.3, -0.25) is 14.5 Å². The molecule has 166 valence electrons. The van der Waals surface area contributed by atoms with Crippen molar-refractivity contribution in [3.05, 3.63) is 89.7 Å². The van der Waals surface area contributed by atoms with Gasteiger partial charge >= 0.3 is 0 Å². The highest BCUT2D eigenvalue weighted by atomic mass is 32.2. The molecule has 4 aromatic rings. The molecule has 3 aromatic carbocycles. The maximum absolute atomic E-state index is 13.9. The van der Waals surface area contributed by atoms with E-state index in [2.05, 4.69) is 5.32 Å². The number of nitrogens with two attached hydrogens (primary N) is 1. The Bertz CT molecular complexity index is 1530. The van der Waals surface area contributed by atoms with Crippen molar-refractivity contribution in [1.82, 2.24) is 0 Å². The molecule has 1 unspecified atom stereocenters. The van der Waals surface area contributed by atoms with Crippen molar-refractivity contribution >= 4 is 44.2 Å². The number of nitrogens with one attached hydrogen (secondary N) is 1. The zero-order chi connectivity index (χ0) is 23.3. The zero-order valence-corrected chi connectivity index (χ0v) is 18.3. The van der Waals surface area contributed by atoms with Gasteiger partial charge in [-0.25, -0.2) is 13.6 Å². The van der Waals surface area contributed by atoms with E-state index in [1.54, 1.807) is 37.3 Å². The van der Waals surface area contributed by atoms with Crippen LogP contribution in [-0.4, -0.2) is 20.2 Å². The zero-order valence-electron chi connectivity index (χ0n) is 17.5. The van der Waals surface area contributed by atoms with Crippen molar-refractivity contribution in [3.8, 4) is 0 Å². The van der Waals surface area contributed by atoms with Crippen LogP contribution in [0.3, 0.4) is 0 Å². The van der Waals surface area contributed by atoms with E-state index >= 15 is 0 Å². The monoisotopic (exact) mass is 461 g/mol. The van der Waals surface area contributed by atoms with E-state index < -0.39 is 27.9 Å². The van der Waals surface area contributed by atoms with Crippen LogP contribution in [0.2, 0.25) is 0 Å². The van der Waals surface area contributed by atoms with E-state index in [0.717, 1.165) is 5.39 Å². The van der Waals surface area contributed by atoms with Gasteiger partial charge in [-0.05, 0) is 36.8 Å². The number of anilines is 2. The number of sulfonamides is 1. The van der Waals surface area contributed by atoms with Gasteiger partial charge in [0.1, 0.15) is 11.6 Å². The average molecular weight is 461 g/mol. The number of benzene rings is 3. The standard InChI is InChI=1S/C24H19N3O5S/c1-14-17-9-5-6-10-20(17)32-22(14)24(29)27-19-12-11-16(33(25,30)31)13-18(19)26-23(28)21(27)15-7-3-2-4-8-15/h2-13,21H,1H3,(H,26,28)(H2,25,30,31). The van der Waals surface area contributed by atoms with Crippen molar-refractivity contribution in [1.29, 1.82) is 0 Å². The fraction of sp³-hybridized carbons (Fsp3) is 0.0833. The van der Waals surface area contributed by atoms with E-state index in [1.807, 2.05) is 24.3 Å². The minimum atomic E-state index is -4.01. The summed E-state index contributed by atoms with van der Waals surface area (Å²) < 4.78 is 29.6. The van der Waals surface area contributed by atoms with Crippen LogP contribution in [0.15, 0.2) is 82.1 Å². The average Bonchev–Trinajstić information content (AvgIpc) is 3.14. The van der Waals surface area contributed by atoms with Crippen LogP contribution in [0.1, 0.15) is 27.7 Å². The van der Waals surface area contributed by atoms with Crippen LogP contribution < -0.4 is 15.4 Å². The number of carbonyl (C=O) groups excluding carboxylic acids is 2. The topological polar surface area (TPSA) is 123 Å². The summed E-state index contributed by atoms with van der Waals surface area (Å²) in [6, 6.07) is 19.2. The van der Waals surface area contributed by atoms with E-state index in [1.165, 1.54) is 23.1 Å². The lowest BCUT2D eigenvalue weighted by Crippen LogP contribution is -2.45. The molecule has 1 aromatic heterocycles. The Labute approximate surface area is 189 Å². The summed E-state index contributed by atoms with van der Waals surface area (Å²) in [6.07, 6.45) is 0. The Morgan fingerprint density at radius 1 is 1.03 bits per heavy atom. The SMILES string of the molecule is Cc1c(C(=O)N2c3ccc(S(N)(=O)=O)cc3NC(=O)C2c2ccccc2)oc2ccccc12. The largest absolute Gasteiger partial charge is 0.451 e. The number of carbonyl (C=O) groups is 2. The predicted octanol–water partition coefficient (Wildman–Crippen LogP) is 3.73. The molecule has 1 atom stereocenters. The number of amides is 2. The number of nitrogens with zero attached hydrogens (tertiary/aromatic N) is 1. The smallest absolute Gasteiger partial charge is 0.295 e. The fourth-order valence-corrected chi connectivity index (χ4v) is 4.65. The van der Waals surface area contributed by atoms with Gasteiger partial charge in [0, 0.05) is 10.9 Å². The van der Waals surface area contributed by atoms with Gasteiger partial charge in [-0.1, -0.05) is 48.5 Å². The molecule has 1 aliphatic rings. The van der Waals surface area contributed by atoms with Crippen LogP contribution >= 0.6 is 0 Å². The molecule has 0 bridgehead atoms. The molecule has 0 radical (unpaired) electrons. The molecule has 0 saturated heterocycles. The number of hydrogen-bond donors (Lipinski definition) is 2. The van der Waals surface area contributed by atoms with Crippen molar-refractivity contribution in [3.63, 3.8) is 0 Å². The van der Waals surface area contributed by atoms with Gasteiger partial charge in [-0.2, -0.15) is 0 Å². The number of fused-ring (bicyclic) bond motifs is 2. The highest BCUT2D eigenvalue weighted by molar-refractivity contribution is 7.89. The molecule has 9 heteroatoms. The van der Waals surface area contributed by atoms with Crippen molar-refractivity contribution in [2.24, 2.45) is 5.14 Å². The molecule has 0 spiro atoms. The molecular formula is C24H19N3O5S.